The molecule has 5 rings (SSSR count). The van der Waals surface area contributed by atoms with Crippen LogP contribution in [0, 0.1) is 42.9 Å². The molecule has 1 nitrogen and oxygen atoms in total. The van der Waals surface area contributed by atoms with E-state index in [1.54, 1.807) is 0 Å². The normalized spacial score (nSPS) is 11.2. The third-order valence-corrected chi connectivity index (χ3v) is 6.63. The Morgan fingerprint density at radius 2 is 1.26 bits per heavy atom. The van der Waals surface area contributed by atoms with Gasteiger partial charge in [-0.3, -0.25) is 0 Å². The Kier molecular flexibility index (Phi) is 7.57. The molecule has 182 valence electrons. The third kappa shape index (κ3) is 5.64. The number of benzene rings is 5. The molecular weight excluding hydrogens is 460 g/mol. The van der Waals surface area contributed by atoms with Crippen molar-refractivity contribution in [3.8, 4) is 36.0 Å². The summed E-state index contributed by atoms with van der Waals surface area (Å²) in [5, 5.41) is 4.55. The number of terminal acetylenes is 1. The molecule has 0 aliphatic carbocycles. The zero-order valence-electron chi connectivity index (χ0n) is 21.7. The number of rotatable bonds is 4. The molecule has 1 heteroatoms. The minimum absolute atomic E-state index is 0.265. The first kappa shape index (κ1) is 24.9. The first-order valence-corrected chi connectivity index (χ1v) is 12.8. The van der Waals surface area contributed by atoms with Gasteiger partial charge in [0.2, 0.25) is 0 Å². The van der Waals surface area contributed by atoms with Crippen LogP contribution in [0.1, 0.15) is 40.3 Å². The van der Waals surface area contributed by atoms with Gasteiger partial charge >= 0.3 is 0 Å². The molecule has 5 aromatic carbocycles. The standard InChI is InChI=1S/C37H28O/c1-4-28(3)38-26-33-23-22-31-12-6-8-15-35(31)37(33)25-24-36-32(21-20-30-11-5-7-14-34(30)36)13-9-10-29-18-16-27(2)17-19-29/h1,5-8,11-12,14-23,28H,13,26H2,2-3H3/t28-/m0/s1. The van der Waals surface area contributed by atoms with E-state index in [-0.39, 0.29) is 6.10 Å². The lowest BCUT2D eigenvalue weighted by Crippen LogP contribution is -2.06. The molecule has 5 aromatic rings. The Morgan fingerprint density at radius 1 is 0.684 bits per heavy atom. The highest BCUT2D eigenvalue weighted by Crippen LogP contribution is 2.25. The second-order valence-electron chi connectivity index (χ2n) is 9.36. The van der Waals surface area contributed by atoms with E-state index in [2.05, 4.69) is 121 Å². The van der Waals surface area contributed by atoms with Crippen LogP contribution in [-0.2, 0) is 17.8 Å². The van der Waals surface area contributed by atoms with Gasteiger partial charge in [-0.2, -0.15) is 0 Å². The first-order chi connectivity index (χ1) is 18.6. The van der Waals surface area contributed by atoms with Crippen molar-refractivity contribution in [3.63, 3.8) is 0 Å². The molecule has 0 unspecified atom stereocenters. The Balaban J connectivity index is 1.60. The van der Waals surface area contributed by atoms with Gasteiger partial charge in [-0.05, 0) is 58.7 Å². The molecule has 0 saturated carbocycles. The molecule has 0 aromatic heterocycles. The molecule has 0 saturated heterocycles. The summed E-state index contributed by atoms with van der Waals surface area (Å²) in [7, 11) is 0. The van der Waals surface area contributed by atoms with E-state index >= 15 is 0 Å². The summed E-state index contributed by atoms with van der Waals surface area (Å²) in [6.45, 7) is 4.37. The molecule has 0 bridgehead atoms. The number of aryl methyl sites for hydroxylation is 1. The van der Waals surface area contributed by atoms with Crippen LogP contribution in [0.2, 0.25) is 0 Å². The zero-order valence-corrected chi connectivity index (χ0v) is 21.7. The highest BCUT2D eigenvalue weighted by Gasteiger charge is 2.09. The maximum atomic E-state index is 5.89. The largest absolute Gasteiger partial charge is 0.361 e. The van der Waals surface area contributed by atoms with E-state index in [0.717, 1.165) is 49.4 Å². The van der Waals surface area contributed by atoms with Gasteiger partial charge in [-0.1, -0.05) is 120 Å². The quantitative estimate of drug-likeness (QED) is 0.234. The van der Waals surface area contributed by atoms with Crippen molar-refractivity contribution < 1.29 is 4.74 Å². The minimum Gasteiger partial charge on any atom is -0.361 e. The van der Waals surface area contributed by atoms with Gasteiger partial charge < -0.3 is 4.74 Å². The number of ether oxygens (including phenoxy) is 1. The summed E-state index contributed by atoms with van der Waals surface area (Å²) in [4.78, 5) is 0. The monoisotopic (exact) mass is 488 g/mol. The van der Waals surface area contributed by atoms with Crippen LogP contribution in [0.25, 0.3) is 21.5 Å². The SMILES string of the molecule is C#C[C@H](C)OCc1ccc2ccccc2c1C#Cc1c(CC#Cc2ccc(C)cc2)ccc2ccccc12. The second-order valence-corrected chi connectivity index (χ2v) is 9.36. The van der Waals surface area contributed by atoms with E-state index < -0.39 is 0 Å². The van der Waals surface area contributed by atoms with Gasteiger partial charge in [0.1, 0.15) is 6.10 Å². The third-order valence-electron chi connectivity index (χ3n) is 6.63. The summed E-state index contributed by atoms with van der Waals surface area (Å²) in [5.74, 6) is 16.4. The molecule has 0 N–H and O–H groups in total. The summed E-state index contributed by atoms with van der Waals surface area (Å²) >= 11 is 0. The highest BCUT2D eigenvalue weighted by molar-refractivity contribution is 5.92. The molecule has 0 heterocycles. The Bertz CT molecular complexity index is 1780. The Labute approximate surface area is 225 Å². The Hall–Kier alpha value is -4.74. The van der Waals surface area contributed by atoms with E-state index in [9.17, 15) is 0 Å². The minimum atomic E-state index is -0.265. The van der Waals surface area contributed by atoms with Crippen molar-refractivity contribution >= 4 is 21.5 Å². The summed E-state index contributed by atoms with van der Waals surface area (Å²) in [5.41, 5.74) is 6.38. The van der Waals surface area contributed by atoms with Crippen LogP contribution in [0.5, 0.6) is 0 Å². The van der Waals surface area contributed by atoms with Crippen molar-refractivity contribution in [2.24, 2.45) is 0 Å². The molecule has 0 spiro atoms. The summed E-state index contributed by atoms with van der Waals surface area (Å²) < 4.78 is 5.89. The number of fused-ring (bicyclic) bond motifs is 2. The van der Waals surface area contributed by atoms with Crippen LogP contribution in [-0.4, -0.2) is 6.10 Å². The van der Waals surface area contributed by atoms with E-state index in [0.29, 0.717) is 13.0 Å². The van der Waals surface area contributed by atoms with Crippen LogP contribution >= 0.6 is 0 Å². The molecule has 0 radical (unpaired) electrons. The zero-order chi connectivity index (χ0) is 26.3. The predicted octanol–water partition coefficient (Wildman–Crippen LogP) is 7.83. The fourth-order valence-electron chi connectivity index (χ4n) is 4.46. The van der Waals surface area contributed by atoms with E-state index in [1.807, 2.05) is 19.1 Å². The Morgan fingerprint density at radius 3 is 1.89 bits per heavy atom. The van der Waals surface area contributed by atoms with Gasteiger partial charge in [0.05, 0.1) is 6.61 Å². The molecule has 38 heavy (non-hydrogen) atoms. The summed E-state index contributed by atoms with van der Waals surface area (Å²) in [6.07, 6.45) is 5.89. The smallest absolute Gasteiger partial charge is 0.115 e. The summed E-state index contributed by atoms with van der Waals surface area (Å²) in [6, 6.07) is 33.5. The van der Waals surface area contributed by atoms with Gasteiger partial charge in [0.25, 0.3) is 0 Å². The highest BCUT2D eigenvalue weighted by atomic mass is 16.5. The van der Waals surface area contributed by atoms with E-state index in [1.165, 1.54) is 5.56 Å². The maximum Gasteiger partial charge on any atom is 0.115 e. The number of hydrogen-bond acceptors (Lipinski definition) is 1. The van der Waals surface area contributed by atoms with Crippen molar-refractivity contribution in [1.82, 2.24) is 0 Å². The number of hydrogen-bond donors (Lipinski definition) is 0. The maximum absolute atomic E-state index is 5.89. The lowest BCUT2D eigenvalue weighted by Gasteiger charge is -2.11. The molecule has 0 amide bonds. The molecular formula is C37H28O. The van der Waals surface area contributed by atoms with Crippen LogP contribution in [0.3, 0.4) is 0 Å². The average Bonchev–Trinajstić information content (AvgIpc) is 2.96. The predicted molar refractivity (Wildman–Crippen MR) is 159 cm³/mol. The van der Waals surface area contributed by atoms with Gasteiger partial charge in [-0.25, -0.2) is 0 Å². The topological polar surface area (TPSA) is 9.23 Å². The second kappa shape index (κ2) is 11.5. The van der Waals surface area contributed by atoms with Crippen molar-refractivity contribution in [3.05, 3.63) is 130 Å². The van der Waals surface area contributed by atoms with Crippen LogP contribution < -0.4 is 0 Å². The molecule has 0 fully saturated rings. The van der Waals surface area contributed by atoms with Crippen molar-refractivity contribution in [1.29, 1.82) is 0 Å². The van der Waals surface area contributed by atoms with Gasteiger partial charge in [0.15, 0.2) is 0 Å². The fourth-order valence-corrected chi connectivity index (χ4v) is 4.46. The van der Waals surface area contributed by atoms with Gasteiger partial charge in [0, 0.05) is 23.1 Å². The molecule has 1 atom stereocenters. The fraction of sp³-hybridized carbons (Fsp3) is 0.135. The molecule has 0 aliphatic rings. The lowest BCUT2D eigenvalue weighted by atomic mass is 9.95. The van der Waals surface area contributed by atoms with E-state index in [4.69, 9.17) is 11.2 Å². The van der Waals surface area contributed by atoms with Crippen LogP contribution in [0.15, 0.2) is 97.1 Å². The van der Waals surface area contributed by atoms with Crippen LogP contribution in [0.4, 0.5) is 0 Å². The van der Waals surface area contributed by atoms with Crippen molar-refractivity contribution in [2.45, 2.75) is 33.0 Å². The average molecular weight is 489 g/mol. The lowest BCUT2D eigenvalue weighted by molar-refractivity contribution is 0.0901. The first-order valence-electron chi connectivity index (χ1n) is 12.8. The molecule has 0 aliphatic heterocycles. The van der Waals surface area contributed by atoms with Crippen molar-refractivity contribution in [2.75, 3.05) is 0 Å². The van der Waals surface area contributed by atoms with Gasteiger partial charge in [-0.15, -0.1) is 6.42 Å².